The number of nitrogens with two attached hydrogens (primary N) is 1. The average molecular weight is 284 g/mol. The van der Waals surface area contributed by atoms with Gasteiger partial charge in [-0.3, -0.25) is 0 Å². The lowest BCUT2D eigenvalue weighted by atomic mass is 10.2. The zero-order valence-corrected chi connectivity index (χ0v) is 11.4. The van der Waals surface area contributed by atoms with Gasteiger partial charge >= 0.3 is 0 Å². The first-order valence-corrected chi connectivity index (χ1v) is 6.67. The summed E-state index contributed by atoms with van der Waals surface area (Å²) in [4.78, 5) is 4.36. The molecule has 102 valence electrons. The summed E-state index contributed by atoms with van der Waals surface area (Å²) in [5.41, 5.74) is 6.20. The minimum atomic E-state index is -0.791. The topological polar surface area (TPSA) is 48.1 Å². The van der Waals surface area contributed by atoms with E-state index in [1.807, 2.05) is 19.2 Å². The highest BCUT2D eigenvalue weighted by Gasteiger charge is 2.11. The largest absolute Gasteiger partial charge is 0.483 e. The molecule has 0 amide bonds. The second-order valence-electron chi connectivity index (χ2n) is 4.41. The summed E-state index contributed by atoms with van der Waals surface area (Å²) in [5, 5.41) is 2.68. The quantitative estimate of drug-likeness (QED) is 0.871. The molecule has 2 rings (SSSR count). The Morgan fingerprint density at radius 1 is 1.32 bits per heavy atom. The van der Waals surface area contributed by atoms with Crippen LogP contribution < -0.4 is 10.5 Å². The standard InChI is InChI=1S/C13H14F2N2OS/c1-7(2)11-6-19-13(17-11)5-18-12-4-10(16)8(14)3-9(12)15/h3-4,6-7H,5,16H2,1-2H3. The Morgan fingerprint density at radius 3 is 2.68 bits per heavy atom. The maximum Gasteiger partial charge on any atom is 0.168 e. The Balaban J connectivity index is 2.07. The van der Waals surface area contributed by atoms with Gasteiger partial charge in [0.25, 0.3) is 0 Å². The molecule has 3 nitrogen and oxygen atoms in total. The third-order valence-electron chi connectivity index (χ3n) is 2.56. The summed E-state index contributed by atoms with van der Waals surface area (Å²) >= 11 is 1.45. The van der Waals surface area contributed by atoms with Crippen molar-refractivity contribution in [1.29, 1.82) is 0 Å². The van der Waals surface area contributed by atoms with Crippen LogP contribution in [0.15, 0.2) is 17.5 Å². The van der Waals surface area contributed by atoms with Gasteiger partial charge in [-0.25, -0.2) is 13.8 Å². The zero-order valence-electron chi connectivity index (χ0n) is 10.6. The lowest BCUT2D eigenvalue weighted by molar-refractivity contribution is 0.289. The van der Waals surface area contributed by atoms with Crippen LogP contribution in [0.25, 0.3) is 0 Å². The molecule has 1 aromatic heterocycles. The number of benzene rings is 1. The molecule has 1 aromatic carbocycles. The molecule has 2 aromatic rings. The number of nitrogens with zero attached hydrogens (tertiary/aromatic N) is 1. The van der Waals surface area contributed by atoms with E-state index in [0.29, 0.717) is 12.0 Å². The molecule has 0 aliphatic carbocycles. The smallest absolute Gasteiger partial charge is 0.168 e. The molecule has 0 spiro atoms. The van der Waals surface area contributed by atoms with E-state index in [1.165, 1.54) is 11.3 Å². The Bertz CT molecular complexity index is 584. The molecule has 2 N–H and O–H groups in total. The highest BCUT2D eigenvalue weighted by molar-refractivity contribution is 7.09. The van der Waals surface area contributed by atoms with Crippen molar-refractivity contribution in [3.05, 3.63) is 39.8 Å². The number of hydrogen-bond acceptors (Lipinski definition) is 4. The van der Waals surface area contributed by atoms with Crippen LogP contribution in [0, 0.1) is 11.6 Å². The third-order valence-corrected chi connectivity index (χ3v) is 3.40. The summed E-state index contributed by atoms with van der Waals surface area (Å²) in [6, 6.07) is 1.85. The first kappa shape index (κ1) is 13.7. The van der Waals surface area contributed by atoms with Crippen molar-refractivity contribution < 1.29 is 13.5 Å². The van der Waals surface area contributed by atoms with E-state index in [1.54, 1.807) is 0 Å². The van der Waals surface area contributed by atoms with Gasteiger partial charge in [-0.05, 0) is 5.92 Å². The molecule has 0 atom stereocenters. The van der Waals surface area contributed by atoms with E-state index < -0.39 is 11.6 Å². The fourth-order valence-corrected chi connectivity index (χ4v) is 2.32. The van der Waals surface area contributed by atoms with Crippen LogP contribution in [0.4, 0.5) is 14.5 Å². The number of anilines is 1. The molecule has 0 fully saturated rings. The van der Waals surface area contributed by atoms with Crippen LogP contribution in [0.1, 0.15) is 30.5 Å². The predicted molar refractivity (Wildman–Crippen MR) is 71.3 cm³/mol. The number of rotatable bonds is 4. The first-order valence-electron chi connectivity index (χ1n) is 5.79. The van der Waals surface area contributed by atoms with Gasteiger partial charge in [0.1, 0.15) is 17.4 Å². The van der Waals surface area contributed by atoms with Crippen LogP contribution in [-0.2, 0) is 6.61 Å². The Labute approximate surface area is 114 Å². The number of hydrogen-bond donors (Lipinski definition) is 1. The molecule has 0 bridgehead atoms. The lowest BCUT2D eigenvalue weighted by Crippen LogP contribution is -2.00. The average Bonchev–Trinajstić information content (AvgIpc) is 2.81. The van der Waals surface area contributed by atoms with Crippen molar-refractivity contribution in [2.45, 2.75) is 26.4 Å². The summed E-state index contributed by atoms with van der Waals surface area (Å²) in [6.07, 6.45) is 0. The highest BCUT2D eigenvalue weighted by Crippen LogP contribution is 2.25. The van der Waals surface area contributed by atoms with Crippen molar-refractivity contribution in [2.24, 2.45) is 0 Å². The van der Waals surface area contributed by atoms with Gasteiger partial charge in [-0.1, -0.05) is 13.8 Å². The summed E-state index contributed by atoms with van der Waals surface area (Å²) in [5.74, 6) is -1.29. The Hall–Kier alpha value is -1.69. The third kappa shape index (κ3) is 3.20. The van der Waals surface area contributed by atoms with Crippen molar-refractivity contribution in [2.75, 3.05) is 5.73 Å². The molecule has 0 aliphatic rings. The van der Waals surface area contributed by atoms with Gasteiger partial charge in [-0.2, -0.15) is 0 Å². The number of thiazole rings is 1. The van der Waals surface area contributed by atoms with Gasteiger partial charge < -0.3 is 10.5 Å². The van der Waals surface area contributed by atoms with Crippen molar-refractivity contribution in [3.8, 4) is 5.75 Å². The van der Waals surface area contributed by atoms with Gasteiger partial charge in [-0.15, -0.1) is 11.3 Å². The van der Waals surface area contributed by atoms with Crippen LogP contribution in [0.2, 0.25) is 0 Å². The number of ether oxygens (including phenoxy) is 1. The maximum atomic E-state index is 13.4. The molecule has 19 heavy (non-hydrogen) atoms. The van der Waals surface area contributed by atoms with Gasteiger partial charge in [0.15, 0.2) is 11.6 Å². The highest BCUT2D eigenvalue weighted by atomic mass is 32.1. The van der Waals surface area contributed by atoms with E-state index >= 15 is 0 Å². The molecule has 0 radical (unpaired) electrons. The molecule has 0 saturated heterocycles. The molecule has 1 heterocycles. The van der Waals surface area contributed by atoms with Crippen molar-refractivity contribution >= 4 is 17.0 Å². The summed E-state index contributed by atoms with van der Waals surface area (Å²) in [7, 11) is 0. The second-order valence-corrected chi connectivity index (χ2v) is 5.36. The zero-order chi connectivity index (χ0) is 14.0. The number of nitrogen functional groups attached to an aromatic ring is 1. The maximum absolute atomic E-state index is 13.4. The fraction of sp³-hybridized carbons (Fsp3) is 0.308. The van der Waals surface area contributed by atoms with Gasteiger partial charge in [0.05, 0.1) is 11.4 Å². The fourth-order valence-electron chi connectivity index (χ4n) is 1.45. The van der Waals surface area contributed by atoms with Crippen LogP contribution in [0.3, 0.4) is 0 Å². The van der Waals surface area contributed by atoms with E-state index in [4.69, 9.17) is 10.5 Å². The molecular weight excluding hydrogens is 270 g/mol. The number of halogens is 2. The number of aromatic nitrogens is 1. The van der Waals surface area contributed by atoms with Crippen LogP contribution in [-0.4, -0.2) is 4.98 Å². The SMILES string of the molecule is CC(C)c1csc(COc2cc(N)c(F)cc2F)n1. The van der Waals surface area contributed by atoms with Gasteiger partial charge in [0, 0.05) is 17.5 Å². The van der Waals surface area contributed by atoms with Gasteiger partial charge in [0.2, 0.25) is 0 Å². The lowest BCUT2D eigenvalue weighted by Gasteiger charge is -2.07. The van der Waals surface area contributed by atoms with E-state index in [-0.39, 0.29) is 18.0 Å². The monoisotopic (exact) mass is 284 g/mol. The Morgan fingerprint density at radius 2 is 2.05 bits per heavy atom. The van der Waals surface area contributed by atoms with E-state index in [2.05, 4.69) is 4.98 Å². The minimum absolute atomic E-state index is 0.0693. The Kier molecular flexibility index (Phi) is 3.99. The summed E-state index contributed by atoms with van der Waals surface area (Å²) < 4.78 is 31.7. The molecular formula is C13H14F2N2OS. The van der Waals surface area contributed by atoms with E-state index in [0.717, 1.165) is 16.8 Å². The predicted octanol–water partition coefficient (Wildman–Crippen LogP) is 3.71. The van der Waals surface area contributed by atoms with Crippen molar-refractivity contribution in [1.82, 2.24) is 4.98 Å². The van der Waals surface area contributed by atoms with E-state index in [9.17, 15) is 8.78 Å². The molecule has 0 unspecified atom stereocenters. The minimum Gasteiger partial charge on any atom is -0.483 e. The van der Waals surface area contributed by atoms with Crippen LogP contribution >= 0.6 is 11.3 Å². The molecule has 6 heteroatoms. The summed E-state index contributed by atoms with van der Waals surface area (Å²) in [6.45, 7) is 4.22. The van der Waals surface area contributed by atoms with Crippen molar-refractivity contribution in [3.63, 3.8) is 0 Å². The first-order chi connectivity index (χ1) is 8.97. The second kappa shape index (κ2) is 5.52. The van der Waals surface area contributed by atoms with Crippen LogP contribution in [0.5, 0.6) is 5.75 Å². The molecule has 0 saturated carbocycles. The normalized spacial score (nSPS) is 11.0. The molecule has 0 aliphatic heterocycles.